The highest BCUT2D eigenvalue weighted by molar-refractivity contribution is 5.42. The van der Waals surface area contributed by atoms with Crippen molar-refractivity contribution in [2.45, 2.75) is 26.2 Å². The summed E-state index contributed by atoms with van der Waals surface area (Å²) in [6.45, 7) is 4.82. The third-order valence-corrected chi connectivity index (χ3v) is 2.82. The van der Waals surface area contributed by atoms with E-state index in [1.165, 1.54) is 18.4 Å². The zero-order valence-electron chi connectivity index (χ0n) is 9.91. The van der Waals surface area contributed by atoms with Gasteiger partial charge in [0.1, 0.15) is 5.82 Å². The highest BCUT2D eigenvalue weighted by Crippen LogP contribution is 2.28. The van der Waals surface area contributed by atoms with Crippen molar-refractivity contribution in [3.63, 3.8) is 0 Å². The van der Waals surface area contributed by atoms with E-state index in [9.17, 15) is 0 Å². The van der Waals surface area contributed by atoms with E-state index in [1.807, 2.05) is 12.3 Å². The minimum atomic E-state index is 0.857. The average molecular weight is 220 g/mol. The second kappa shape index (κ2) is 5.85. The van der Waals surface area contributed by atoms with E-state index in [0.29, 0.717) is 0 Å². The number of hydrogen-bond donors (Lipinski definition) is 1. The number of nitrogens with zero attached hydrogens (tertiary/aromatic N) is 1. The second-order valence-electron chi connectivity index (χ2n) is 4.47. The van der Waals surface area contributed by atoms with Crippen molar-refractivity contribution in [2.75, 3.05) is 25.1 Å². The van der Waals surface area contributed by atoms with Gasteiger partial charge in [0.05, 0.1) is 0 Å². The minimum Gasteiger partial charge on any atom is -0.381 e. The average Bonchev–Trinajstić information content (AvgIpc) is 3.09. The van der Waals surface area contributed by atoms with Gasteiger partial charge in [-0.25, -0.2) is 4.98 Å². The summed E-state index contributed by atoms with van der Waals surface area (Å²) < 4.78 is 5.57. The molecule has 0 aliphatic heterocycles. The molecule has 1 saturated carbocycles. The van der Waals surface area contributed by atoms with Crippen LogP contribution >= 0.6 is 0 Å². The third-order valence-electron chi connectivity index (χ3n) is 2.82. The molecule has 0 spiro atoms. The molecule has 2 rings (SSSR count). The summed E-state index contributed by atoms with van der Waals surface area (Å²) in [4.78, 5) is 4.28. The summed E-state index contributed by atoms with van der Waals surface area (Å²) in [7, 11) is 0. The first kappa shape index (κ1) is 11.4. The maximum absolute atomic E-state index is 5.57. The van der Waals surface area contributed by atoms with Crippen molar-refractivity contribution >= 4 is 5.82 Å². The molecule has 1 aliphatic carbocycles. The number of aryl methyl sites for hydroxylation is 1. The molecule has 0 bridgehead atoms. The van der Waals surface area contributed by atoms with Gasteiger partial charge in [-0.05, 0) is 43.7 Å². The fraction of sp³-hybridized carbons (Fsp3) is 0.615. The van der Waals surface area contributed by atoms with Crippen molar-refractivity contribution in [1.29, 1.82) is 0 Å². The molecular formula is C13H20N2O. The van der Waals surface area contributed by atoms with E-state index in [0.717, 1.165) is 37.9 Å². The van der Waals surface area contributed by atoms with Crippen LogP contribution in [0, 0.1) is 12.8 Å². The van der Waals surface area contributed by atoms with Gasteiger partial charge in [0, 0.05) is 26.0 Å². The summed E-state index contributed by atoms with van der Waals surface area (Å²) in [5.41, 5.74) is 1.20. The van der Waals surface area contributed by atoms with E-state index in [2.05, 4.69) is 23.3 Å². The molecule has 3 heteroatoms. The lowest BCUT2D eigenvalue weighted by molar-refractivity contribution is 0.124. The molecule has 3 nitrogen and oxygen atoms in total. The van der Waals surface area contributed by atoms with Gasteiger partial charge in [-0.2, -0.15) is 0 Å². The van der Waals surface area contributed by atoms with Crippen molar-refractivity contribution in [2.24, 2.45) is 5.92 Å². The number of hydrogen-bond acceptors (Lipinski definition) is 3. The largest absolute Gasteiger partial charge is 0.381 e. The smallest absolute Gasteiger partial charge is 0.128 e. The number of pyridine rings is 1. The van der Waals surface area contributed by atoms with Crippen LogP contribution in [-0.2, 0) is 4.74 Å². The van der Waals surface area contributed by atoms with Gasteiger partial charge in [0.25, 0.3) is 0 Å². The van der Waals surface area contributed by atoms with E-state index in [1.54, 1.807) is 0 Å². The van der Waals surface area contributed by atoms with E-state index in [-0.39, 0.29) is 0 Å². The maximum Gasteiger partial charge on any atom is 0.128 e. The van der Waals surface area contributed by atoms with Crippen molar-refractivity contribution < 1.29 is 4.74 Å². The Morgan fingerprint density at radius 3 is 3.12 bits per heavy atom. The molecule has 0 unspecified atom stereocenters. The molecule has 1 heterocycles. The predicted octanol–water partition coefficient (Wildman–Crippen LogP) is 2.62. The molecule has 1 aliphatic rings. The summed E-state index contributed by atoms with van der Waals surface area (Å²) in [5, 5.41) is 3.33. The Morgan fingerprint density at radius 2 is 2.38 bits per heavy atom. The summed E-state index contributed by atoms with van der Waals surface area (Å²) in [5.74, 6) is 1.86. The highest BCUT2D eigenvalue weighted by atomic mass is 16.5. The van der Waals surface area contributed by atoms with Crippen molar-refractivity contribution in [1.82, 2.24) is 4.98 Å². The number of nitrogens with one attached hydrogen (secondary N) is 1. The van der Waals surface area contributed by atoms with E-state index < -0.39 is 0 Å². The molecule has 16 heavy (non-hydrogen) atoms. The van der Waals surface area contributed by atoms with Crippen LogP contribution in [0.4, 0.5) is 5.82 Å². The fourth-order valence-electron chi connectivity index (χ4n) is 1.59. The molecule has 0 atom stereocenters. The number of anilines is 1. The normalized spacial score (nSPS) is 15.1. The Bertz CT molecular complexity index is 323. The Labute approximate surface area is 97.2 Å². The maximum atomic E-state index is 5.57. The molecular weight excluding hydrogens is 200 g/mol. The van der Waals surface area contributed by atoms with Crippen LogP contribution in [0.25, 0.3) is 0 Å². The summed E-state index contributed by atoms with van der Waals surface area (Å²) >= 11 is 0. The van der Waals surface area contributed by atoms with Gasteiger partial charge in [-0.1, -0.05) is 6.07 Å². The first-order valence-corrected chi connectivity index (χ1v) is 6.09. The summed E-state index contributed by atoms with van der Waals surface area (Å²) in [6.07, 6.45) is 5.60. The van der Waals surface area contributed by atoms with Crippen LogP contribution in [0.1, 0.15) is 24.8 Å². The lowest BCUT2D eigenvalue weighted by Crippen LogP contribution is -2.08. The SMILES string of the molecule is Cc1cccnc1NCCCOCC1CC1. The highest BCUT2D eigenvalue weighted by Gasteiger charge is 2.20. The quantitative estimate of drug-likeness (QED) is 0.717. The van der Waals surface area contributed by atoms with Gasteiger partial charge < -0.3 is 10.1 Å². The van der Waals surface area contributed by atoms with Crippen LogP contribution in [-0.4, -0.2) is 24.7 Å². The Balaban J connectivity index is 1.55. The molecule has 1 fully saturated rings. The Kier molecular flexibility index (Phi) is 4.17. The number of rotatable bonds is 7. The Morgan fingerprint density at radius 1 is 1.50 bits per heavy atom. The fourth-order valence-corrected chi connectivity index (χ4v) is 1.59. The second-order valence-corrected chi connectivity index (χ2v) is 4.47. The minimum absolute atomic E-state index is 0.857. The molecule has 1 N–H and O–H groups in total. The van der Waals surface area contributed by atoms with Crippen LogP contribution in [0.5, 0.6) is 0 Å². The lowest BCUT2D eigenvalue weighted by Gasteiger charge is -2.08. The van der Waals surface area contributed by atoms with Crippen LogP contribution in [0.2, 0.25) is 0 Å². The van der Waals surface area contributed by atoms with E-state index in [4.69, 9.17) is 4.74 Å². The van der Waals surface area contributed by atoms with Gasteiger partial charge in [0.2, 0.25) is 0 Å². The molecule has 0 amide bonds. The molecule has 88 valence electrons. The molecule has 0 saturated heterocycles. The third kappa shape index (κ3) is 3.81. The number of aromatic nitrogens is 1. The first-order chi connectivity index (χ1) is 7.86. The van der Waals surface area contributed by atoms with E-state index >= 15 is 0 Å². The Hall–Kier alpha value is -1.09. The lowest BCUT2D eigenvalue weighted by atomic mass is 10.3. The van der Waals surface area contributed by atoms with Crippen molar-refractivity contribution in [3.05, 3.63) is 23.9 Å². The zero-order chi connectivity index (χ0) is 11.2. The standard InChI is InChI=1S/C13H20N2O/c1-11-4-2-7-14-13(11)15-8-3-9-16-10-12-5-6-12/h2,4,7,12H,3,5-6,8-10H2,1H3,(H,14,15). The van der Waals surface area contributed by atoms with Crippen LogP contribution in [0.15, 0.2) is 18.3 Å². The van der Waals surface area contributed by atoms with Gasteiger partial charge in [-0.15, -0.1) is 0 Å². The van der Waals surface area contributed by atoms with Gasteiger partial charge in [-0.3, -0.25) is 0 Å². The first-order valence-electron chi connectivity index (χ1n) is 6.09. The van der Waals surface area contributed by atoms with Crippen molar-refractivity contribution in [3.8, 4) is 0 Å². The molecule has 1 aromatic rings. The predicted molar refractivity (Wildman–Crippen MR) is 65.6 cm³/mol. The summed E-state index contributed by atoms with van der Waals surface area (Å²) in [6, 6.07) is 4.03. The van der Waals surface area contributed by atoms with Gasteiger partial charge in [0.15, 0.2) is 0 Å². The molecule has 0 aromatic carbocycles. The van der Waals surface area contributed by atoms with Crippen LogP contribution in [0.3, 0.4) is 0 Å². The topological polar surface area (TPSA) is 34.2 Å². The molecule has 0 radical (unpaired) electrons. The van der Waals surface area contributed by atoms with Crippen LogP contribution < -0.4 is 5.32 Å². The molecule has 1 aromatic heterocycles. The van der Waals surface area contributed by atoms with Gasteiger partial charge >= 0.3 is 0 Å². The monoisotopic (exact) mass is 220 g/mol. The zero-order valence-corrected chi connectivity index (χ0v) is 9.91. The number of ether oxygens (including phenoxy) is 1.